The number of carbonyl (C=O) groups is 1. The summed E-state index contributed by atoms with van der Waals surface area (Å²) in [5.41, 5.74) is 0. The third kappa shape index (κ3) is 3.56. The van der Waals surface area contributed by atoms with E-state index in [2.05, 4.69) is 28.9 Å². The second-order valence-electron chi connectivity index (χ2n) is 5.37. The van der Waals surface area contributed by atoms with E-state index in [-0.39, 0.29) is 11.8 Å². The third-order valence-corrected chi connectivity index (χ3v) is 4.16. The Balaban J connectivity index is 1.88. The highest BCUT2D eigenvalue weighted by molar-refractivity contribution is 5.70. The van der Waals surface area contributed by atoms with Crippen LogP contribution in [-0.4, -0.2) is 45.8 Å². The van der Waals surface area contributed by atoms with Crippen molar-refractivity contribution < 1.29 is 14.4 Å². The molecule has 0 saturated heterocycles. The molecule has 2 atom stereocenters. The van der Waals surface area contributed by atoms with Gasteiger partial charge in [-0.2, -0.15) is 4.98 Å². The third-order valence-electron chi connectivity index (χ3n) is 4.16. The molecule has 2 unspecified atom stereocenters. The van der Waals surface area contributed by atoms with E-state index in [1.165, 1.54) is 0 Å². The van der Waals surface area contributed by atoms with Crippen molar-refractivity contribution in [1.29, 1.82) is 0 Å². The molecule has 1 fully saturated rings. The normalized spacial score (nSPS) is 22.6. The first-order chi connectivity index (χ1) is 9.63. The van der Waals surface area contributed by atoms with E-state index < -0.39 is 5.97 Å². The highest BCUT2D eigenvalue weighted by atomic mass is 16.5. The van der Waals surface area contributed by atoms with E-state index in [1.807, 2.05) is 0 Å². The summed E-state index contributed by atoms with van der Waals surface area (Å²) in [5.74, 6) is 0.486. The zero-order valence-electron chi connectivity index (χ0n) is 12.2. The topological polar surface area (TPSA) is 79.5 Å². The fraction of sp³-hybridized carbons (Fsp3) is 0.786. The lowest BCUT2D eigenvalue weighted by Crippen LogP contribution is -2.25. The number of nitrogens with zero attached hydrogens (tertiary/aromatic N) is 3. The highest BCUT2D eigenvalue weighted by Gasteiger charge is 2.33. The van der Waals surface area contributed by atoms with Crippen LogP contribution in [0.2, 0.25) is 0 Å². The first-order valence-corrected chi connectivity index (χ1v) is 7.41. The van der Waals surface area contributed by atoms with Gasteiger partial charge in [-0.05, 0) is 32.4 Å². The van der Waals surface area contributed by atoms with Gasteiger partial charge in [0, 0.05) is 18.9 Å². The summed E-state index contributed by atoms with van der Waals surface area (Å²) in [7, 11) is 0. The van der Waals surface area contributed by atoms with E-state index >= 15 is 0 Å². The molecule has 112 valence electrons. The first-order valence-electron chi connectivity index (χ1n) is 7.41. The average Bonchev–Trinajstić information content (AvgIpc) is 3.08. The molecule has 1 aliphatic rings. The molecular formula is C14H23N3O3. The summed E-state index contributed by atoms with van der Waals surface area (Å²) in [5, 5.41) is 13.0. The molecule has 6 heteroatoms. The lowest BCUT2D eigenvalue weighted by Gasteiger charge is -2.16. The van der Waals surface area contributed by atoms with Gasteiger partial charge in [0.15, 0.2) is 5.82 Å². The molecular weight excluding hydrogens is 258 g/mol. The number of likely N-dealkylation sites (N-methyl/N-ethyl adjacent to an activating group) is 1. The van der Waals surface area contributed by atoms with Gasteiger partial charge in [0.2, 0.25) is 5.89 Å². The number of hydrogen-bond donors (Lipinski definition) is 1. The summed E-state index contributed by atoms with van der Waals surface area (Å²) in [6.45, 7) is 7.23. The predicted octanol–water partition coefficient (Wildman–Crippen LogP) is 1.92. The standard InChI is InChI=1S/C14H23N3O3/c1-3-17(4-2)8-7-12-15-13(20-16-12)10-5-6-11(9-10)14(18)19/h10-11H,3-9H2,1-2H3,(H,18,19). The van der Waals surface area contributed by atoms with Crippen molar-refractivity contribution in [2.75, 3.05) is 19.6 Å². The minimum absolute atomic E-state index is 0.116. The number of rotatable bonds is 7. The fourth-order valence-corrected chi connectivity index (χ4v) is 2.76. The molecule has 0 aromatic carbocycles. The van der Waals surface area contributed by atoms with Crippen LogP contribution in [0.4, 0.5) is 0 Å². The largest absolute Gasteiger partial charge is 0.481 e. The highest BCUT2D eigenvalue weighted by Crippen LogP contribution is 2.37. The van der Waals surface area contributed by atoms with Gasteiger partial charge in [-0.1, -0.05) is 19.0 Å². The Morgan fingerprint density at radius 3 is 2.75 bits per heavy atom. The van der Waals surface area contributed by atoms with Gasteiger partial charge < -0.3 is 14.5 Å². The quantitative estimate of drug-likeness (QED) is 0.822. The molecule has 2 rings (SSSR count). The second-order valence-corrected chi connectivity index (χ2v) is 5.37. The van der Waals surface area contributed by atoms with Gasteiger partial charge in [-0.25, -0.2) is 0 Å². The average molecular weight is 281 g/mol. The molecule has 0 aliphatic heterocycles. The summed E-state index contributed by atoms with van der Waals surface area (Å²) in [4.78, 5) is 17.7. The van der Waals surface area contributed by atoms with E-state index in [4.69, 9.17) is 9.63 Å². The van der Waals surface area contributed by atoms with Gasteiger partial charge in [-0.15, -0.1) is 0 Å². The van der Waals surface area contributed by atoms with Crippen LogP contribution in [0.5, 0.6) is 0 Å². The molecule has 6 nitrogen and oxygen atoms in total. The van der Waals surface area contributed by atoms with E-state index in [0.717, 1.165) is 38.3 Å². The summed E-state index contributed by atoms with van der Waals surface area (Å²) >= 11 is 0. The van der Waals surface area contributed by atoms with Crippen LogP contribution < -0.4 is 0 Å². The van der Waals surface area contributed by atoms with Crippen molar-refractivity contribution in [3.8, 4) is 0 Å². The van der Waals surface area contributed by atoms with Crippen LogP contribution >= 0.6 is 0 Å². The summed E-state index contributed by atoms with van der Waals surface area (Å²) in [6.07, 6.45) is 2.93. The van der Waals surface area contributed by atoms with Crippen molar-refractivity contribution in [2.45, 2.75) is 45.4 Å². The van der Waals surface area contributed by atoms with Crippen LogP contribution in [-0.2, 0) is 11.2 Å². The zero-order valence-corrected chi connectivity index (χ0v) is 12.2. The predicted molar refractivity (Wildman–Crippen MR) is 73.5 cm³/mol. The van der Waals surface area contributed by atoms with Crippen LogP contribution in [0.25, 0.3) is 0 Å². The van der Waals surface area contributed by atoms with Gasteiger partial charge >= 0.3 is 5.97 Å². The summed E-state index contributed by atoms with van der Waals surface area (Å²) < 4.78 is 5.30. The van der Waals surface area contributed by atoms with Gasteiger partial charge in [0.05, 0.1) is 5.92 Å². The van der Waals surface area contributed by atoms with Crippen molar-refractivity contribution in [2.24, 2.45) is 5.92 Å². The van der Waals surface area contributed by atoms with E-state index in [0.29, 0.717) is 18.7 Å². The van der Waals surface area contributed by atoms with Gasteiger partial charge in [0.1, 0.15) is 0 Å². The number of aromatic nitrogens is 2. The zero-order chi connectivity index (χ0) is 14.5. The van der Waals surface area contributed by atoms with Crippen LogP contribution in [0.15, 0.2) is 4.52 Å². The molecule has 1 heterocycles. The van der Waals surface area contributed by atoms with Crippen LogP contribution in [0.1, 0.15) is 50.7 Å². The van der Waals surface area contributed by atoms with Crippen LogP contribution in [0.3, 0.4) is 0 Å². The first kappa shape index (κ1) is 15.0. The molecule has 1 aromatic rings. The molecule has 0 radical (unpaired) electrons. The number of carboxylic acids is 1. The maximum absolute atomic E-state index is 11.0. The minimum atomic E-state index is -0.714. The second kappa shape index (κ2) is 6.83. The number of aliphatic carboxylic acids is 1. The Kier molecular flexibility index (Phi) is 5.11. The Morgan fingerprint density at radius 1 is 1.40 bits per heavy atom. The lowest BCUT2D eigenvalue weighted by atomic mass is 10.1. The summed E-state index contributed by atoms with van der Waals surface area (Å²) in [6, 6.07) is 0. The molecule has 0 spiro atoms. The SMILES string of the molecule is CCN(CC)CCc1noc(C2CCC(C(=O)O)C2)n1. The molecule has 1 saturated carbocycles. The van der Waals surface area contributed by atoms with Crippen molar-refractivity contribution in [1.82, 2.24) is 15.0 Å². The molecule has 0 amide bonds. The molecule has 0 bridgehead atoms. The minimum Gasteiger partial charge on any atom is -0.481 e. The Bertz CT molecular complexity index is 443. The van der Waals surface area contributed by atoms with E-state index in [9.17, 15) is 4.79 Å². The van der Waals surface area contributed by atoms with Crippen molar-refractivity contribution in [3.05, 3.63) is 11.7 Å². The molecule has 20 heavy (non-hydrogen) atoms. The Morgan fingerprint density at radius 2 is 2.15 bits per heavy atom. The fourth-order valence-electron chi connectivity index (χ4n) is 2.76. The van der Waals surface area contributed by atoms with E-state index in [1.54, 1.807) is 0 Å². The van der Waals surface area contributed by atoms with Crippen LogP contribution in [0, 0.1) is 5.92 Å². The molecule has 1 N–H and O–H groups in total. The van der Waals surface area contributed by atoms with Crippen molar-refractivity contribution in [3.63, 3.8) is 0 Å². The van der Waals surface area contributed by atoms with Gasteiger partial charge in [-0.3, -0.25) is 4.79 Å². The monoisotopic (exact) mass is 281 g/mol. The number of hydrogen-bond acceptors (Lipinski definition) is 5. The smallest absolute Gasteiger partial charge is 0.306 e. The maximum atomic E-state index is 11.0. The Hall–Kier alpha value is -1.43. The number of carboxylic acid groups (broad SMARTS) is 1. The van der Waals surface area contributed by atoms with Crippen molar-refractivity contribution >= 4 is 5.97 Å². The molecule has 1 aliphatic carbocycles. The molecule has 1 aromatic heterocycles. The lowest BCUT2D eigenvalue weighted by molar-refractivity contribution is -0.141. The Labute approximate surface area is 119 Å². The van der Waals surface area contributed by atoms with Gasteiger partial charge in [0.25, 0.3) is 0 Å². The maximum Gasteiger partial charge on any atom is 0.306 e.